The lowest BCUT2D eigenvalue weighted by Crippen LogP contribution is -2.60. The molecule has 2 aromatic rings. The quantitative estimate of drug-likeness (QED) is 0.316. The molecule has 0 radical (unpaired) electrons. The number of para-hydroxylation sites is 1. The van der Waals surface area contributed by atoms with Crippen molar-refractivity contribution >= 4 is 23.4 Å². The molecule has 0 saturated heterocycles. The Morgan fingerprint density at radius 1 is 1.18 bits per heavy atom. The van der Waals surface area contributed by atoms with E-state index in [4.69, 9.17) is 9.47 Å². The zero-order valence-electron chi connectivity index (χ0n) is 19.5. The zero-order chi connectivity index (χ0) is 23.8. The number of rotatable bonds is 7. The highest BCUT2D eigenvalue weighted by molar-refractivity contribution is 5.74. The van der Waals surface area contributed by atoms with Gasteiger partial charge in [0.25, 0.3) is 5.69 Å². The summed E-state index contributed by atoms with van der Waals surface area (Å²) in [5.74, 6) is 0.330. The Hall–Kier alpha value is -3.35. The summed E-state index contributed by atoms with van der Waals surface area (Å²) < 4.78 is 12.3. The largest absolute Gasteiger partial charge is 0.464 e. The molecule has 174 valence electrons. The first-order chi connectivity index (χ1) is 15.7. The van der Waals surface area contributed by atoms with Crippen LogP contribution in [0.4, 0.5) is 11.4 Å². The first-order valence-corrected chi connectivity index (χ1v) is 11.5. The van der Waals surface area contributed by atoms with Crippen molar-refractivity contribution in [1.29, 1.82) is 0 Å². The predicted molar refractivity (Wildman–Crippen MR) is 127 cm³/mol. The summed E-state index contributed by atoms with van der Waals surface area (Å²) in [5, 5.41) is 11.2. The van der Waals surface area contributed by atoms with E-state index in [9.17, 15) is 14.9 Å². The number of carbonyl (C=O) groups is 1. The molecule has 1 atom stereocenters. The van der Waals surface area contributed by atoms with Gasteiger partial charge in [-0.25, -0.2) is 0 Å². The van der Waals surface area contributed by atoms with Crippen LogP contribution in [0.2, 0.25) is 0 Å². The van der Waals surface area contributed by atoms with Crippen molar-refractivity contribution in [3.8, 4) is 5.75 Å². The van der Waals surface area contributed by atoms with Crippen molar-refractivity contribution < 1.29 is 19.2 Å². The summed E-state index contributed by atoms with van der Waals surface area (Å²) in [7, 11) is 0. The Kier molecular flexibility index (Phi) is 5.91. The van der Waals surface area contributed by atoms with Crippen LogP contribution in [-0.4, -0.2) is 29.8 Å². The first-order valence-electron chi connectivity index (χ1n) is 11.5. The van der Waals surface area contributed by atoms with Crippen molar-refractivity contribution in [2.45, 2.75) is 51.7 Å². The SMILES string of the molecule is CCC(CC)C(=O)OCCN1c2ccccc2C(C)(C)C12C=Cc1cc([N+](=O)[O-])ccc1O2. The number of ether oxygens (including phenoxy) is 2. The van der Waals surface area contributed by atoms with Gasteiger partial charge in [-0.1, -0.05) is 32.0 Å². The average molecular weight is 451 g/mol. The van der Waals surface area contributed by atoms with E-state index < -0.39 is 16.1 Å². The second-order valence-corrected chi connectivity index (χ2v) is 9.09. The summed E-state index contributed by atoms with van der Waals surface area (Å²) >= 11 is 0. The van der Waals surface area contributed by atoms with Gasteiger partial charge in [-0.2, -0.15) is 0 Å². The summed E-state index contributed by atoms with van der Waals surface area (Å²) in [6.07, 6.45) is 5.38. The molecule has 0 aromatic heterocycles. The molecule has 0 saturated carbocycles. The standard InChI is InChI=1S/C26H30N2O5/c1-5-18(6-2)24(29)32-16-15-27-22-10-8-7-9-21(22)25(3,4)26(27)14-13-19-17-20(28(30)31)11-12-23(19)33-26/h7-14,17-18H,5-6,15-16H2,1-4H3. The van der Waals surface area contributed by atoms with Crippen LogP contribution in [0.3, 0.4) is 0 Å². The number of fused-ring (bicyclic) bond motifs is 2. The molecule has 0 fully saturated rings. The van der Waals surface area contributed by atoms with E-state index in [1.54, 1.807) is 6.07 Å². The number of hydrogen-bond donors (Lipinski definition) is 0. The lowest BCUT2D eigenvalue weighted by atomic mass is 9.76. The van der Waals surface area contributed by atoms with Gasteiger partial charge in [0.1, 0.15) is 12.4 Å². The van der Waals surface area contributed by atoms with Crippen LogP contribution in [0.25, 0.3) is 6.08 Å². The van der Waals surface area contributed by atoms with Gasteiger partial charge in [-0.05, 0) is 56.5 Å². The monoisotopic (exact) mass is 450 g/mol. The number of nitrogens with zero attached hydrogens (tertiary/aromatic N) is 2. The maximum Gasteiger partial charge on any atom is 0.308 e. The molecule has 33 heavy (non-hydrogen) atoms. The molecule has 0 aliphatic carbocycles. The summed E-state index contributed by atoms with van der Waals surface area (Å²) in [5.41, 5.74) is 1.56. The van der Waals surface area contributed by atoms with Crippen molar-refractivity contribution in [2.75, 3.05) is 18.1 Å². The molecule has 2 aliphatic heterocycles. The lowest BCUT2D eigenvalue weighted by Gasteiger charge is -2.47. The van der Waals surface area contributed by atoms with Crippen molar-refractivity contribution in [1.82, 2.24) is 0 Å². The lowest BCUT2D eigenvalue weighted by molar-refractivity contribution is -0.384. The Labute approximate surface area is 194 Å². The summed E-state index contributed by atoms with van der Waals surface area (Å²) in [6.45, 7) is 8.94. The zero-order valence-corrected chi connectivity index (χ0v) is 19.5. The van der Waals surface area contributed by atoms with E-state index in [2.05, 4.69) is 30.9 Å². The van der Waals surface area contributed by atoms with Crippen molar-refractivity contribution in [3.63, 3.8) is 0 Å². The average Bonchev–Trinajstić information content (AvgIpc) is 2.98. The molecule has 4 rings (SSSR count). The van der Waals surface area contributed by atoms with Gasteiger partial charge in [0.15, 0.2) is 0 Å². The number of hydrogen-bond acceptors (Lipinski definition) is 6. The van der Waals surface area contributed by atoms with Crippen LogP contribution in [0.5, 0.6) is 5.75 Å². The number of anilines is 1. The molecule has 7 heteroatoms. The fourth-order valence-electron chi connectivity index (χ4n) is 4.97. The smallest absolute Gasteiger partial charge is 0.308 e. The molecule has 1 unspecified atom stereocenters. The van der Waals surface area contributed by atoms with Gasteiger partial charge in [0.2, 0.25) is 5.72 Å². The third-order valence-corrected chi connectivity index (χ3v) is 7.00. The van der Waals surface area contributed by atoms with Crippen LogP contribution in [-0.2, 0) is 14.9 Å². The van der Waals surface area contributed by atoms with Gasteiger partial charge >= 0.3 is 5.97 Å². The predicted octanol–water partition coefficient (Wildman–Crippen LogP) is 5.47. The minimum Gasteiger partial charge on any atom is -0.464 e. The molecule has 2 aromatic carbocycles. The number of nitro groups is 1. The van der Waals surface area contributed by atoms with E-state index in [0.29, 0.717) is 17.9 Å². The molecule has 1 spiro atoms. The van der Waals surface area contributed by atoms with Crippen LogP contribution in [0.1, 0.15) is 51.7 Å². The number of carbonyl (C=O) groups excluding carboxylic acids is 1. The molecule has 2 heterocycles. The van der Waals surface area contributed by atoms with Crippen LogP contribution in [0.15, 0.2) is 48.5 Å². The van der Waals surface area contributed by atoms with Crippen LogP contribution in [0, 0.1) is 16.0 Å². The fraction of sp³-hybridized carbons (Fsp3) is 0.423. The van der Waals surface area contributed by atoms with Gasteiger partial charge in [-0.3, -0.25) is 14.9 Å². The molecular formula is C26H30N2O5. The Morgan fingerprint density at radius 2 is 1.91 bits per heavy atom. The van der Waals surface area contributed by atoms with Gasteiger partial charge in [0, 0.05) is 23.4 Å². The van der Waals surface area contributed by atoms with Crippen LogP contribution < -0.4 is 9.64 Å². The Balaban J connectivity index is 1.67. The first kappa shape index (κ1) is 22.8. The molecular weight excluding hydrogens is 420 g/mol. The van der Waals surface area contributed by atoms with E-state index in [0.717, 1.165) is 24.1 Å². The number of nitro benzene ring substituents is 1. The maximum atomic E-state index is 12.4. The van der Waals surface area contributed by atoms with E-state index in [1.165, 1.54) is 12.1 Å². The van der Waals surface area contributed by atoms with Crippen molar-refractivity contribution in [3.05, 3.63) is 69.8 Å². The maximum absolute atomic E-state index is 12.4. The second-order valence-electron chi connectivity index (χ2n) is 9.09. The number of benzene rings is 2. The van der Waals surface area contributed by atoms with Gasteiger partial charge < -0.3 is 14.4 Å². The minimum atomic E-state index is -0.860. The molecule has 0 bridgehead atoms. The van der Waals surface area contributed by atoms with E-state index >= 15 is 0 Å². The highest BCUT2D eigenvalue weighted by Gasteiger charge is 2.58. The molecule has 7 nitrogen and oxygen atoms in total. The van der Waals surface area contributed by atoms with Crippen LogP contribution >= 0.6 is 0 Å². The highest BCUT2D eigenvalue weighted by atomic mass is 16.6. The summed E-state index contributed by atoms with van der Waals surface area (Å²) in [4.78, 5) is 25.4. The molecule has 2 aliphatic rings. The Bertz CT molecular complexity index is 1110. The fourth-order valence-corrected chi connectivity index (χ4v) is 4.97. The second kappa shape index (κ2) is 8.54. The Morgan fingerprint density at radius 3 is 2.61 bits per heavy atom. The molecule has 0 N–H and O–H groups in total. The number of non-ortho nitro benzene ring substituents is 1. The normalized spacial score (nSPS) is 19.8. The highest BCUT2D eigenvalue weighted by Crippen LogP contribution is 2.54. The van der Waals surface area contributed by atoms with E-state index in [1.807, 2.05) is 38.1 Å². The van der Waals surface area contributed by atoms with Gasteiger partial charge in [0.05, 0.1) is 22.8 Å². The number of esters is 1. The summed E-state index contributed by atoms with van der Waals surface area (Å²) in [6, 6.07) is 12.8. The van der Waals surface area contributed by atoms with Gasteiger partial charge in [-0.15, -0.1) is 0 Å². The minimum absolute atomic E-state index is 0.0251. The molecule has 0 amide bonds. The van der Waals surface area contributed by atoms with E-state index in [-0.39, 0.29) is 24.2 Å². The third kappa shape index (κ3) is 3.65. The van der Waals surface area contributed by atoms with Crippen molar-refractivity contribution in [2.24, 2.45) is 5.92 Å². The topological polar surface area (TPSA) is 81.9 Å². The third-order valence-electron chi connectivity index (χ3n) is 7.00.